The maximum absolute atomic E-state index is 8.82. The Morgan fingerprint density at radius 3 is 2.79 bits per heavy atom. The van der Waals surface area contributed by atoms with Crippen molar-refractivity contribution in [3.63, 3.8) is 0 Å². The number of thiophene rings is 1. The highest BCUT2D eigenvalue weighted by molar-refractivity contribution is 7.10. The largest absolute Gasteiger partial charge is 0.291 e. The van der Waals surface area contributed by atoms with Gasteiger partial charge in [0.2, 0.25) is 0 Å². The van der Waals surface area contributed by atoms with Crippen molar-refractivity contribution in [2.45, 2.75) is 25.4 Å². The SMILES string of the molecule is N#Cc1ccc(CN2CCC[C@@H]2c2cccs2)cc1. The molecule has 2 nitrogen and oxygen atoms in total. The van der Waals surface area contributed by atoms with E-state index in [1.54, 1.807) is 0 Å². The molecule has 3 rings (SSSR count). The third-order valence-corrected chi connectivity index (χ3v) is 4.68. The van der Waals surface area contributed by atoms with Gasteiger partial charge in [-0.05, 0) is 48.5 Å². The Labute approximate surface area is 117 Å². The molecule has 19 heavy (non-hydrogen) atoms. The summed E-state index contributed by atoms with van der Waals surface area (Å²) in [6.07, 6.45) is 2.54. The lowest BCUT2D eigenvalue weighted by Gasteiger charge is -2.23. The molecule has 2 aromatic rings. The zero-order chi connectivity index (χ0) is 13.1. The second-order valence-electron chi connectivity index (χ2n) is 4.95. The summed E-state index contributed by atoms with van der Waals surface area (Å²) < 4.78 is 0. The van der Waals surface area contributed by atoms with Gasteiger partial charge in [0.05, 0.1) is 11.6 Å². The monoisotopic (exact) mass is 268 g/mol. The van der Waals surface area contributed by atoms with Gasteiger partial charge in [0.25, 0.3) is 0 Å². The summed E-state index contributed by atoms with van der Waals surface area (Å²) in [5, 5.41) is 11.0. The lowest BCUT2D eigenvalue weighted by molar-refractivity contribution is 0.251. The first kappa shape index (κ1) is 12.4. The van der Waals surface area contributed by atoms with Crippen LogP contribution >= 0.6 is 11.3 Å². The maximum atomic E-state index is 8.82. The Balaban J connectivity index is 1.73. The van der Waals surface area contributed by atoms with Crippen molar-refractivity contribution in [3.05, 3.63) is 57.8 Å². The Bertz CT molecular complexity index is 566. The van der Waals surface area contributed by atoms with Crippen LogP contribution in [0.15, 0.2) is 41.8 Å². The summed E-state index contributed by atoms with van der Waals surface area (Å²) >= 11 is 1.86. The Morgan fingerprint density at radius 1 is 1.26 bits per heavy atom. The van der Waals surface area contributed by atoms with Crippen LogP contribution in [0.2, 0.25) is 0 Å². The second-order valence-corrected chi connectivity index (χ2v) is 5.93. The minimum atomic E-state index is 0.579. The lowest BCUT2D eigenvalue weighted by atomic mass is 10.1. The summed E-state index contributed by atoms with van der Waals surface area (Å²) in [5.74, 6) is 0. The molecule has 1 saturated heterocycles. The molecule has 0 N–H and O–H groups in total. The average molecular weight is 268 g/mol. The first-order valence-electron chi connectivity index (χ1n) is 6.63. The van der Waals surface area contributed by atoms with Gasteiger partial charge in [0.15, 0.2) is 0 Å². The Kier molecular flexibility index (Phi) is 3.63. The van der Waals surface area contributed by atoms with E-state index in [4.69, 9.17) is 5.26 Å². The van der Waals surface area contributed by atoms with E-state index in [9.17, 15) is 0 Å². The zero-order valence-electron chi connectivity index (χ0n) is 10.7. The van der Waals surface area contributed by atoms with Crippen LogP contribution in [0.25, 0.3) is 0 Å². The lowest BCUT2D eigenvalue weighted by Crippen LogP contribution is -2.22. The minimum absolute atomic E-state index is 0.579. The quantitative estimate of drug-likeness (QED) is 0.842. The molecule has 0 saturated carbocycles. The van der Waals surface area contributed by atoms with Crippen molar-refractivity contribution in [2.75, 3.05) is 6.54 Å². The highest BCUT2D eigenvalue weighted by Crippen LogP contribution is 2.35. The molecule has 3 heteroatoms. The molecule has 1 aromatic carbocycles. The third-order valence-electron chi connectivity index (χ3n) is 3.70. The van der Waals surface area contributed by atoms with Crippen LogP contribution in [-0.4, -0.2) is 11.4 Å². The second kappa shape index (κ2) is 5.56. The van der Waals surface area contributed by atoms with Crippen LogP contribution in [0, 0.1) is 11.3 Å². The van der Waals surface area contributed by atoms with E-state index in [0.29, 0.717) is 6.04 Å². The summed E-state index contributed by atoms with van der Waals surface area (Å²) in [7, 11) is 0. The molecule has 0 spiro atoms. The molecule has 1 fully saturated rings. The van der Waals surface area contributed by atoms with Crippen LogP contribution < -0.4 is 0 Å². The van der Waals surface area contributed by atoms with Crippen LogP contribution in [0.4, 0.5) is 0 Å². The van der Waals surface area contributed by atoms with E-state index in [1.807, 2.05) is 23.5 Å². The molecule has 2 heterocycles. The topological polar surface area (TPSA) is 27.0 Å². The van der Waals surface area contributed by atoms with Gasteiger partial charge in [0, 0.05) is 17.5 Å². The van der Waals surface area contributed by atoms with E-state index in [2.05, 4.69) is 40.6 Å². The van der Waals surface area contributed by atoms with Crippen molar-refractivity contribution in [3.8, 4) is 6.07 Å². The Morgan fingerprint density at radius 2 is 2.11 bits per heavy atom. The fourth-order valence-corrected chi connectivity index (χ4v) is 3.63. The third kappa shape index (κ3) is 2.70. The number of rotatable bonds is 3. The highest BCUT2D eigenvalue weighted by atomic mass is 32.1. The van der Waals surface area contributed by atoms with Crippen molar-refractivity contribution in [1.82, 2.24) is 4.90 Å². The first-order valence-corrected chi connectivity index (χ1v) is 7.51. The number of benzene rings is 1. The molecule has 1 aromatic heterocycles. The van der Waals surface area contributed by atoms with Crippen molar-refractivity contribution in [2.24, 2.45) is 0 Å². The molecular weight excluding hydrogens is 252 g/mol. The highest BCUT2D eigenvalue weighted by Gasteiger charge is 2.26. The molecule has 0 bridgehead atoms. The predicted octanol–water partition coefficient (Wildman–Crippen LogP) is 3.96. The molecule has 1 atom stereocenters. The van der Waals surface area contributed by atoms with Crippen molar-refractivity contribution in [1.29, 1.82) is 5.26 Å². The molecule has 0 amide bonds. The van der Waals surface area contributed by atoms with Gasteiger partial charge < -0.3 is 0 Å². The van der Waals surface area contributed by atoms with Crippen LogP contribution in [0.1, 0.15) is 34.9 Å². The minimum Gasteiger partial charge on any atom is -0.291 e. The van der Waals surface area contributed by atoms with Crippen LogP contribution in [-0.2, 0) is 6.54 Å². The number of likely N-dealkylation sites (tertiary alicyclic amines) is 1. The number of nitriles is 1. The molecule has 1 aliphatic heterocycles. The number of nitrogens with zero attached hydrogens (tertiary/aromatic N) is 2. The zero-order valence-corrected chi connectivity index (χ0v) is 11.6. The van der Waals surface area contributed by atoms with Gasteiger partial charge in [-0.1, -0.05) is 18.2 Å². The number of hydrogen-bond donors (Lipinski definition) is 0. The van der Waals surface area contributed by atoms with Gasteiger partial charge in [-0.15, -0.1) is 11.3 Å². The fraction of sp³-hybridized carbons (Fsp3) is 0.312. The van der Waals surface area contributed by atoms with Crippen molar-refractivity contribution >= 4 is 11.3 Å². The van der Waals surface area contributed by atoms with E-state index in [1.165, 1.54) is 29.8 Å². The fourth-order valence-electron chi connectivity index (χ4n) is 2.74. The summed E-state index contributed by atoms with van der Waals surface area (Å²) in [4.78, 5) is 4.03. The molecule has 1 aliphatic rings. The van der Waals surface area contributed by atoms with Crippen LogP contribution in [0.3, 0.4) is 0 Å². The van der Waals surface area contributed by atoms with Crippen LogP contribution in [0.5, 0.6) is 0 Å². The van der Waals surface area contributed by atoms with Gasteiger partial charge in [-0.25, -0.2) is 0 Å². The van der Waals surface area contributed by atoms with Gasteiger partial charge in [0.1, 0.15) is 0 Å². The Hall–Kier alpha value is -1.63. The van der Waals surface area contributed by atoms with E-state index >= 15 is 0 Å². The van der Waals surface area contributed by atoms with Gasteiger partial charge >= 0.3 is 0 Å². The van der Waals surface area contributed by atoms with E-state index in [0.717, 1.165) is 12.1 Å². The molecule has 0 radical (unpaired) electrons. The summed E-state index contributed by atoms with van der Waals surface area (Å²) in [5.41, 5.74) is 2.03. The molecule has 0 unspecified atom stereocenters. The summed E-state index contributed by atoms with van der Waals surface area (Å²) in [6.45, 7) is 2.15. The smallest absolute Gasteiger partial charge is 0.0991 e. The van der Waals surface area contributed by atoms with E-state index in [-0.39, 0.29) is 0 Å². The normalized spacial score (nSPS) is 19.4. The maximum Gasteiger partial charge on any atom is 0.0991 e. The molecule has 96 valence electrons. The van der Waals surface area contributed by atoms with Gasteiger partial charge in [-0.2, -0.15) is 5.26 Å². The summed E-state index contributed by atoms with van der Waals surface area (Å²) in [6, 6.07) is 15.1. The van der Waals surface area contributed by atoms with Gasteiger partial charge in [-0.3, -0.25) is 4.90 Å². The first-order chi connectivity index (χ1) is 9.36. The number of hydrogen-bond acceptors (Lipinski definition) is 3. The molecular formula is C16H16N2S. The average Bonchev–Trinajstić information content (AvgIpc) is 3.10. The standard InChI is InChI=1S/C16H16N2S/c17-11-13-5-7-14(8-6-13)12-18-9-1-3-15(18)16-4-2-10-19-16/h2,4-8,10,15H,1,3,9,12H2/t15-/m1/s1. The predicted molar refractivity (Wildman–Crippen MR) is 77.9 cm³/mol. The van der Waals surface area contributed by atoms with E-state index < -0.39 is 0 Å². The molecule has 0 aliphatic carbocycles. The van der Waals surface area contributed by atoms with Crippen molar-refractivity contribution < 1.29 is 0 Å².